The van der Waals surface area contributed by atoms with Crippen LogP contribution in [0.25, 0.3) is 0 Å². The minimum absolute atomic E-state index is 0.189. The molecule has 2 N–H and O–H groups in total. The molecule has 0 aliphatic rings. The van der Waals surface area contributed by atoms with Gasteiger partial charge in [0.15, 0.2) is 11.5 Å². The van der Waals surface area contributed by atoms with Gasteiger partial charge in [-0.25, -0.2) is 0 Å². The number of carbonyl (C=O) groups excluding carboxylic acids is 3. The number of hydrogen-bond acceptors (Lipinski definition) is 7. The van der Waals surface area contributed by atoms with Crippen LogP contribution in [-0.4, -0.2) is 45.7 Å². The fraction of sp³-hybridized carbons (Fsp3) is 0.222. The van der Waals surface area contributed by atoms with Gasteiger partial charge in [0.2, 0.25) is 11.9 Å². The Labute approximate surface area is 209 Å². The summed E-state index contributed by atoms with van der Waals surface area (Å²) < 4.78 is 21.2. The molecule has 0 aliphatic carbocycles. The maximum Gasteiger partial charge on any atom is 0.326 e. The standard InChI is InChI=1S/C27H28N2O7/c1-17-10-12-20(13-11-17)29-27(32)24(18-8-6-5-7-9-18)36-23(30)16-28-26(31)19-14-21(33-2)25(35-4)22(15-19)34-3/h5-15,24H,16H2,1-4H3,(H,28,31)(H,29,32). The average Bonchev–Trinajstić information content (AvgIpc) is 2.91. The van der Waals surface area contributed by atoms with Crippen molar-refractivity contribution < 1.29 is 33.3 Å². The normalized spacial score (nSPS) is 11.1. The van der Waals surface area contributed by atoms with Gasteiger partial charge in [-0.05, 0) is 31.2 Å². The van der Waals surface area contributed by atoms with Crippen molar-refractivity contribution in [2.45, 2.75) is 13.0 Å². The maximum atomic E-state index is 13.0. The van der Waals surface area contributed by atoms with Gasteiger partial charge in [-0.3, -0.25) is 14.4 Å². The van der Waals surface area contributed by atoms with Crippen LogP contribution in [0.4, 0.5) is 5.69 Å². The Kier molecular flexibility index (Phi) is 8.88. The van der Waals surface area contributed by atoms with Crippen molar-refractivity contribution in [3.63, 3.8) is 0 Å². The fourth-order valence-corrected chi connectivity index (χ4v) is 3.39. The van der Waals surface area contributed by atoms with Gasteiger partial charge in [0.25, 0.3) is 11.8 Å². The van der Waals surface area contributed by atoms with E-state index < -0.39 is 30.4 Å². The number of anilines is 1. The highest BCUT2D eigenvalue weighted by atomic mass is 16.5. The van der Waals surface area contributed by atoms with Crippen molar-refractivity contribution in [1.29, 1.82) is 0 Å². The summed E-state index contributed by atoms with van der Waals surface area (Å²) in [6, 6.07) is 18.8. The van der Waals surface area contributed by atoms with E-state index in [0.717, 1.165) is 5.56 Å². The Balaban J connectivity index is 1.70. The van der Waals surface area contributed by atoms with E-state index in [1.165, 1.54) is 33.5 Å². The summed E-state index contributed by atoms with van der Waals surface area (Å²) in [4.78, 5) is 38.3. The number of benzene rings is 3. The zero-order valence-electron chi connectivity index (χ0n) is 20.5. The van der Waals surface area contributed by atoms with Crippen LogP contribution in [0, 0.1) is 6.92 Å². The van der Waals surface area contributed by atoms with Crippen LogP contribution >= 0.6 is 0 Å². The molecule has 9 nitrogen and oxygen atoms in total. The highest BCUT2D eigenvalue weighted by molar-refractivity contribution is 5.98. The lowest BCUT2D eigenvalue weighted by Gasteiger charge is -2.18. The SMILES string of the molecule is COc1cc(C(=O)NCC(=O)OC(C(=O)Nc2ccc(C)cc2)c2ccccc2)cc(OC)c1OC. The third kappa shape index (κ3) is 6.53. The van der Waals surface area contributed by atoms with Crippen molar-refractivity contribution >= 4 is 23.5 Å². The van der Waals surface area contributed by atoms with Gasteiger partial charge in [-0.15, -0.1) is 0 Å². The molecule has 2 amide bonds. The zero-order chi connectivity index (χ0) is 26.1. The summed E-state index contributed by atoms with van der Waals surface area (Å²) in [5.74, 6) is -0.950. The number of esters is 1. The summed E-state index contributed by atoms with van der Waals surface area (Å²) in [5.41, 5.74) is 2.29. The van der Waals surface area contributed by atoms with E-state index >= 15 is 0 Å². The second-order valence-electron chi connectivity index (χ2n) is 7.73. The molecule has 0 saturated carbocycles. The van der Waals surface area contributed by atoms with Crippen molar-refractivity contribution in [2.24, 2.45) is 0 Å². The average molecular weight is 493 g/mol. The molecule has 0 aliphatic heterocycles. The monoisotopic (exact) mass is 492 g/mol. The van der Waals surface area contributed by atoms with Crippen molar-refractivity contribution in [3.8, 4) is 17.2 Å². The molecule has 0 radical (unpaired) electrons. The first-order valence-electron chi connectivity index (χ1n) is 11.1. The van der Waals surface area contributed by atoms with Crippen LogP contribution in [0.15, 0.2) is 66.7 Å². The Bertz CT molecular complexity index is 1190. The first kappa shape index (κ1) is 26.1. The predicted octanol–water partition coefficient (Wildman–Crippen LogP) is 3.67. The highest BCUT2D eigenvalue weighted by Gasteiger charge is 2.26. The van der Waals surface area contributed by atoms with E-state index in [1.54, 1.807) is 42.5 Å². The van der Waals surface area contributed by atoms with E-state index in [0.29, 0.717) is 28.5 Å². The molecule has 0 bridgehead atoms. The number of amides is 2. The molecule has 1 atom stereocenters. The van der Waals surface area contributed by atoms with Crippen LogP contribution < -0.4 is 24.8 Å². The minimum atomic E-state index is -1.21. The van der Waals surface area contributed by atoms with E-state index in [-0.39, 0.29) is 5.56 Å². The van der Waals surface area contributed by atoms with E-state index in [9.17, 15) is 14.4 Å². The largest absolute Gasteiger partial charge is 0.493 e. The van der Waals surface area contributed by atoms with Crippen LogP contribution in [0.2, 0.25) is 0 Å². The summed E-state index contributed by atoms with van der Waals surface area (Å²) in [7, 11) is 4.32. The first-order chi connectivity index (χ1) is 17.4. The molecule has 3 rings (SSSR count). The molecule has 0 spiro atoms. The molecule has 9 heteroatoms. The van der Waals surface area contributed by atoms with Crippen LogP contribution in [0.5, 0.6) is 17.2 Å². The van der Waals surface area contributed by atoms with Gasteiger partial charge in [0, 0.05) is 16.8 Å². The Morgan fingerprint density at radius 1 is 0.833 bits per heavy atom. The lowest BCUT2D eigenvalue weighted by Crippen LogP contribution is -2.33. The summed E-state index contributed by atoms with van der Waals surface area (Å²) >= 11 is 0. The van der Waals surface area contributed by atoms with Crippen LogP contribution in [0.3, 0.4) is 0 Å². The van der Waals surface area contributed by atoms with Gasteiger partial charge in [-0.2, -0.15) is 0 Å². The van der Waals surface area contributed by atoms with E-state index in [4.69, 9.17) is 18.9 Å². The molecule has 1 unspecified atom stereocenters. The zero-order valence-corrected chi connectivity index (χ0v) is 20.5. The fourth-order valence-electron chi connectivity index (χ4n) is 3.39. The lowest BCUT2D eigenvalue weighted by atomic mass is 10.1. The van der Waals surface area contributed by atoms with Crippen LogP contribution in [0.1, 0.15) is 27.6 Å². The molecule has 36 heavy (non-hydrogen) atoms. The molecular formula is C27H28N2O7. The van der Waals surface area contributed by atoms with Gasteiger partial charge < -0.3 is 29.6 Å². The van der Waals surface area contributed by atoms with Crippen molar-refractivity contribution in [1.82, 2.24) is 5.32 Å². The Hall–Kier alpha value is -4.53. The summed E-state index contributed by atoms with van der Waals surface area (Å²) in [6.45, 7) is 1.48. The lowest BCUT2D eigenvalue weighted by molar-refractivity contribution is -0.153. The number of methoxy groups -OCH3 is 3. The molecule has 3 aromatic carbocycles. The number of hydrogen-bond donors (Lipinski definition) is 2. The molecule has 0 saturated heterocycles. The van der Waals surface area contributed by atoms with Gasteiger partial charge in [0.05, 0.1) is 21.3 Å². The minimum Gasteiger partial charge on any atom is -0.493 e. The molecule has 0 aromatic heterocycles. The number of nitrogens with one attached hydrogen (secondary N) is 2. The predicted molar refractivity (Wildman–Crippen MR) is 134 cm³/mol. The second-order valence-corrected chi connectivity index (χ2v) is 7.73. The highest BCUT2D eigenvalue weighted by Crippen LogP contribution is 2.38. The third-order valence-electron chi connectivity index (χ3n) is 5.23. The van der Waals surface area contributed by atoms with Crippen molar-refractivity contribution in [3.05, 3.63) is 83.4 Å². The second kappa shape index (κ2) is 12.3. The first-order valence-corrected chi connectivity index (χ1v) is 11.1. The Morgan fingerprint density at radius 2 is 1.44 bits per heavy atom. The molecule has 3 aromatic rings. The molecule has 188 valence electrons. The third-order valence-corrected chi connectivity index (χ3v) is 5.23. The van der Waals surface area contributed by atoms with Gasteiger partial charge >= 0.3 is 5.97 Å². The van der Waals surface area contributed by atoms with Crippen molar-refractivity contribution in [2.75, 3.05) is 33.2 Å². The number of aryl methyl sites for hydroxylation is 1. The number of ether oxygens (including phenoxy) is 4. The van der Waals surface area contributed by atoms with E-state index in [2.05, 4.69) is 10.6 Å². The van der Waals surface area contributed by atoms with Crippen LogP contribution in [-0.2, 0) is 14.3 Å². The number of carbonyl (C=O) groups is 3. The summed E-state index contributed by atoms with van der Waals surface area (Å²) in [5, 5.41) is 5.25. The molecule has 0 fully saturated rings. The number of rotatable bonds is 10. The van der Waals surface area contributed by atoms with Gasteiger partial charge in [-0.1, -0.05) is 48.0 Å². The van der Waals surface area contributed by atoms with Gasteiger partial charge in [0.1, 0.15) is 6.54 Å². The quantitative estimate of drug-likeness (QED) is 0.415. The molecule has 0 heterocycles. The molecular weight excluding hydrogens is 464 g/mol. The topological polar surface area (TPSA) is 112 Å². The maximum absolute atomic E-state index is 13.0. The van der Waals surface area contributed by atoms with E-state index in [1.807, 2.05) is 19.1 Å². The smallest absolute Gasteiger partial charge is 0.326 e. The Morgan fingerprint density at radius 3 is 2.00 bits per heavy atom. The summed E-state index contributed by atoms with van der Waals surface area (Å²) in [6.07, 6.45) is -1.21.